The van der Waals surface area contributed by atoms with Crippen molar-refractivity contribution < 1.29 is 4.79 Å². The van der Waals surface area contributed by atoms with Crippen LogP contribution in [0.15, 0.2) is 12.1 Å². The highest BCUT2D eigenvalue weighted by Crippen LogP contribution is 2.30. The molecule has 122 valence electrons. The van der Waals surface area contributed by atoms with Gasteiger partial charge in [0.05, 0.1) is 0 Å². The first kappa shape index (κ1) is 18.0. The number of hydrogen-bond donors (Lipinski definition) is 0. The Balaban J connectivity index is 1.79. The van der Waals surface area contributed by atoms with E-state index in [1.807, 2.05) is 0 Å². The molecule has 1 fully saturated rings. The van der Waals surface area contributed by atoms with E-state index in [1.54, 1.807) is 12.1 Å². The van der Waals surface area contributed by atoms with Gasteiger partial charge >= 0.3 is 0 Å². The highest BCUT2D eigenvalue weighted by Gasteiger charge is 2.18. The average Bonchev–Trinajstić information content (AvgIpc) is 2.49. The number of carbonyl (C=O) groups is 1. The zero-order valence-electron chi connectivity index (χ0n) is 12.5. The van der Waals surface area contributed by atoms with Crippen LogP contribution in [0.2, 0.25) is 15.1 Å². The Morgan fingerprint density at radius 3 is 2.14 bits per heavy atom. The molecule has 0 saturated carbocycles. The van der Waals surface area contributed by atoms with Gasteiger partial charge in [0.15, 0.2) is 0 Å². The lowest BCUT2D eigenvalue weighted by atomic mass is 10.2. The number of piperazine rings is 1. The fourth-order valence-corrected chi connectivity index (χ4v) is 3.62. The molecule has 1 aliphatic rings. The maximum Gasteiger partial charge on any atom is 0.119 e. The second-order valence-corrected chi connectivity index (χ2v) is 6.88. The Morgan fingerprint density at radius 2 is 1.55 bits per heavy atom. The Morgan fingerprint density at radius 1 is 0.955 bits per heavy atom. The van der Waals surface area contributed by atoms with Crippen molar-refractivity contribution in [2.24, 2.45) is 0 Å². The third-order valence-electron chi connectivity index (χ3n) is 4.00. The maximum atomic E-state index is 10.3. The number of rotatable bonds is 7. The number of carbonyl (C=O) groups excluding carboxylic acids is 1. The summed E-state index contributed by atoms with van der Waals surface area (Å²) in [7, 11) is 0. The minimum Gasteiger partial charge on any atom is -0.303 e. The molecule has 22 heavy (non-hydrogen) atoms. The summed E-state index contributed by atoms with van der Waals surface area (Å²) in [5.74, 6) is 0. The Labute approximate surface area is 147 Å². The van der Waals surface area contributed by atoms with Gasteiger partial charge in [0.2, 0.25) is 0 Å². The van der Waals surface area contributed by atoms with E-state index in [0.29, 0.717) is 21.5 Å². The molecule has 1 aromatic rings. The molecule has 0 atom stereocenters. The van der Waals surface area contributed by atoms with Crippen molar-refractivity contribution in [3.63, 3.8) is 0 Å². The van der Waals surface area contributed by atoms with Gasteiger partial charge in [-0.25, -0.2) is 0 Å². The van der Waals surface area contributed by atoms with Crippen LogP contribution in [0, 0.1) is 0 Å². The van der Waals surface area contributed by atoms with Crippen LogP contribution in [0.3, 0.4) is 0 Å². The van der Waals surface area contributed by atoms with Gasteiger partial charge in [0.25, 0.3) is 0 Å². The molecule has 0 bridgehead atoms. The first-order valence-corrected chi connectivity index (χ1v) is 8.75. The molecule has 1 saturated heterocycles. The largest absolute Gasteiger partial charge is 0.303 e. The van der Waals surface area contributed by atoms with Crippen molar-refractivity contribution in [2.75, 3.05) is 32.7 Å². The predicted octanol–water partition coefficient (Wildman–Crippen LogP) is 4.13. The van der Waals surface area contributed by atoms with Crippen LogP contribution in [-0.4, -0.2) is 48.8 Å². The van der Waals surface area contributed by atoms with Gasteiger partial charge in [-0.05, 0) is 31.5 Å². The molecule has 1 aromatic carbocycles. The van der Waals surface area contributed by atoms with E-state index in [-0.39, 0.29) is 0 Å². The number of nitrogens with zero attached hydrogens (tertiary/aromatic N) is 2. The van der Waals surface area contributed by atoms with E-state index in [2.05, 4.69) is 9.80 Å². The molecule has 1 aliphatic heterocycles. The topological polar surface area (TPSA) is 23.6 Å². The fraction of sp³-hybridized carbons (Fsp3) is 0.562. The number of unbranched alkanes of at least 4 members (excludes halogenated alkanes) is 2. The molecule has 0 amide bonds. The first-order valence-electron chi connectivity index (χ1n) is 7.62. The van der Waals surface area contributed by atoms with Gasteiger partial charge in [0, 0.05) is 59.8 Å². The normalized spacial score (nSPS) is 16.9. The summed E-state index contributed by atoms with van der Waals surface area (Å²) >= 11 is 18.4. The van der Waals surface area contributed by atoms with Crippen LogP contribution in [0.25, 0.3) is 0 Å². The second-order valence-electron chi connectivity index (χ2n) is 5.63. The Kier molecular flexibility index (Phi) is 7.45. The van der Waals surface area contributed by atoms with Crippen LogP contribution in [0.4, 0.5) is 0 Å². The molecule has 3 nitrogen and oxygen atoms in total. The number of hydrogen-bond acceptors (Lipinski definition) is 3. The van der Waals surface area contributed by atoms with Crippen LogP contribution < -0.4 is 0 Å². The molecule has 1 heterocycles. The van der Waals surface area contributed by atoms with Gasteiger partial charge in [0.1, 0.15) is 6.29 Å². The van der Waals surface area contributed by atoms with Crippen LogP contribution >= 0.6 is 34.8 Å². The van der Waals surface area contributed by atoms with Crippen LogP contribution in [0.5, 0.6) is 0 Å². The zero-order chi connectivity index (χ0) is 15.9. The summed E-state index contributed by atoms with van der Waals surface area (Å²) in [5, 5.41) is 1.83. The van der Waals surface area contributed by atoms with Gasteiger partial charge in [-0.3, -0.25) is 4.90 Å². The van der Waals surface area contributed by atoms with E-state index in [0.717, 1.165) is 64.0 Å². The molecule has 6 heteroatoms. The molecule has 2 rings (SSSR count). The van der Waals surface area contributed by atoms with Gasteiger partial charge in [-0.15, -0.1) is 0 Å². The Bertz CT molecular complexity index is 479. The summed E-state index contributed by atoms with van der Waals surface area (Å²) in [6.07, 6.45) is 3.75. The van der Waals surface area contributed by atoms with Gasteiger partial charge in [-0.1, -0.05) is 34.8 Å². The Hall–Kier alpha value is -0.320. The molecular formula is C16H21Cl3N2O. The number of halogens is 3. The molecule has 0 spiro atoms. The third kappa shape index (κ3) is 5.39. The SMILES string of the molecule is O=CCCCCN1CCN(Cc2c(Cl)cc(Cl)cc2Cl)CC1. The van der Waals surface area contributed by atoms with Crippen LogP contribution in [0.1, 0.15) is 24.8 Å². The van der Waals surface area contributed by atoms with Crippen molar-refractivity contribution >= 4 is 41.1 Å². The first-order chi connectivity index (χ1) is 10.6. The number of benzene rings is 1. The summed E-state index contributed by atoms with van der Waals surface area (Å²) in [6.45, 7) is 5.93. The minimum atomic E-state index is 0.568. The molecule has 0 unspecified atom stereocenters. The average molecular weight is 364 g/mol. The van der Waals surface area contributed by atoms with Gasteiger partial charge in [-0.2, -0.15) is 0 Å². The van der Waals surface area contributed by atoms with Crippen LogP contribution in [-0.2, 0) is 11.3 Å². The molecule has 0 radical (unpaired) electrons. The molecule has 0 aliphatic carbocycles. The highest BCUT2D eigenvalue weighted by atomic mass is 35.5. The third-order valence-corrected chi connectivity index (χ3v) is 4.89. The monoisotopic (exact) mass is 362 g/mol. The van der Waals surface area contributed by atoms with E-state index in [9.17, 15) is 4.79 Å². The van der Waals surface area contributed by atoms with E-state index < -0.39 is 0 Å². The quantitative estimate of drug-likeness (QED) is 0.537. The predicted molar refractivity (Wildman–Crippen MR) is 93.1 cm³/mol. The molecule has 0 aromatic heterocycles. The van der Waals surface area contributed by atoms with E-state index in [4.69, 9.17) is 34.8 Å². The lowest BCUT2D eigenvalue weighted by Gasteiger charge is -2.35. The minimum absolute atomic E-state index is 0.568. The fourth-order valence-electron chi connectivity index (χ4n) is 2.68. The number of aldehydes is 1. The summed E-state index contributed by atoms with van der Waals surface area (Å²) in [5.41, 5.74) is 0.951. The smallest absolute Gasteiger partial charge is 0.119 e. The van der Waals surface area contributed by atoms with Crippen molar-refractivity contribution in [1.82, 2.24) is 9.80 Å². The summed E-state index contributed by atoms with van der Waals surface area (Å²) < 4.78 is 0. The van der Waals surface area contributed by atoms with Crippen molar-refractivity contribution in [3.8, 4) is 0 Å². The van der Waals surface area contributed by atoms with E-state index >= 15 is 0 Å². The second kappa shape index (κ2) is 9.09. The van der Waals surface area contributed by atoms with Crippen molar-refractivity contribution in [1.29, 1.82) is 0 Å². The van der Waals surface area contributed by atoms with Crippen molar-refractivity contribution in [3.05, 3.63) is 32.8 Å². The van der Waals surface area contributed by atoms with Gasteiger partial charge < -0.3 is 9.69 Å². The summed E-state index contributed by atoms with van der Waals surface area (Å²) in [6, 6.07) is 3.49. The summed E-state index contributed by atoms with van der Waals surface area (Å²) in [4.78, 5) is 15.1. The molecule has 0 N–H and O–H groups in total. The lowest BCUT2D eigenvalue weighted by molar-refractivity contribution is -0.107. The highest BCUT2D eigenvalue weighted by molar-refractivity contribution is 6.39. The molecular weight excluding hydrogens is 343 g/mol. The zero-order valence-corrected chi connectivity index (χ0v) is 14.8. The maximum absolute atomic E-state index is 10.3. The van der Waals surface area contributed by atoms with E-state index in [1.165, 1.54) is 0 Å². The van der Waals surface area contributed by atoms with Crippen molar-refractivity contribution in [2.45, 2.75) is 25.8 Å². The lowest BCUT2D eigenvalue weighted by Crippen LogP contribution is -2.46. The standard InChI is InChI=1S/C16H21Cl3N2O/c17-13-10-15(18)14(16(19)11-13)12-21-7-5-20(6-8-21)4-2-1-3-9-22/h9-11H,1-8,12H2.